The third-order valence-electron chi connectivity index (χ3n) is 2.79. The summed E-state index contributed by atoms with van der Waals surface area (Å²) < 4.78 is 0. The normalized spacial score (nSPS) is 10.6. The molecule has 1 N–H and O–H groups in total. The van der Waals surface area contributed by atoms with Gasteiger partial charge in [0.2, 0.25) is 0 Å². The summed E-state index contributed by atoms with van der Waals surface area (Å²) in [5, 5.41) is 9.85. The Balaban J connectivity index is 2.15. The molecule has 3 nitrogen and oxygen atoms in total. The van der Waals surface area contributed by atoms with E-state index in [9.17, 15) is 0 Å². The molecule has 0 amide bonds. The van der Waals surface area contributed by atoms with Gasteiger partial charge in [0.15, 0.2) is 0 Å². The summed E-state index contributed by atoms with van der Waals surface area (Å²) in [5.41, 5.74) is 2.98. The lowest BCUT2D eigenvalue weighted by Gasteiger charge is -1.95. The van der Waals surface area contributed by atoms with Crippen LogP contribution < -0.4 is 0 Å². The molecule has 0 unspecified atom stereocenters. The number of rotatable bonds is 1. The molecular formula is C14H7Cl2N3. The molecule has 2 aromatic carbocycles. The molecule has 19 heavy (non-hydrogen) atoms. The zero-order chi connectivity index (χ0) is 13.4. The number of H-pyrrole nitrogens is 1. The smallest absolute Gasteiger partial charge is 0.138 e. The third-order valence-corrected chi connectivity index (χ3v) is 3.30. The van der Waals surface area contributed by atoms with Crippen molar-refractivity contribution < 1.29 is 0 Å². The van der Waals surface area contributed by atoms with Gasteiger partial charge in [-0.1, -0.05) is 23.2 Å². The average Bonchev–Trinajstić information content (AvgIpc) is 2.83. The number of benzene rings is 2. The van der Waals surface area contributed by atoms with Crippen LogP contribution in [0, 0.1) is 11.3 Å². The van der Waals surface area contributed by atoms with Crippen molar-refractivity contribution in [1.29, 1.82) is 5.26 Å². The van der Waals surface area contributed by atoms with Gasteiger partial charge in [-0.05, 0) is 36.4 Å². The molecule has 1 heterocycles. The van der Waals surface area contributed by atoms with Crippen LogP contribution >= 0.6 is 23.2 Å². The van der Waals surface area contributed by atoms with Crippen LogP contribution in [0.25, 0.3) is 22.4 Å². The number of nitrogens with one attached hydrogen (secondary N) is 1. The van der Waals surface area contributed by atoms with Crippen molar-refractivity contribution >= 4 is 34.2 Å². The molecule has 0 fully saturated rings. The van der Waals surface area contributed by atoms with Crippen molar-refractivity contribution in [2.24, 2.45) is 0 Å². The Labute approximate surface area is 119 Å². The lowest BCUT2D eigenvalue weighted by Crippen LogP contribution is -1.80. The number of nitriles is 1. The van der Waals surface area contributed by atoms with Crippen LogP contribution in [0.5, 0.6) is 0 Å². The van der Waals surface area contributed by atoms with Gasteiger partial charge in [0.05, 0.1) is 22.2 Å². The van der Waals surface area contributed by atoms with Crippen LogP contribution in [0.2, 0.25) is 10.0 Å². The number of hydrogen-bond acceptors (Lipinski definition) is 2. The highest BCUT2D eigenvalue weighted by molar-refractivity contribution is 6.38. The fourth-order valence-electron chi connectivity index (χ4n) is 1.88. The first-order valence-corrected chi connectivity index (χ1v) is 6.28. The van der Waals surface area contributed by atoms with E-state index in [1.807, 2.05) is 12.1 Å². The molecule has 0 bridgehead atoms. The number of hydrogen-bond donors (Lipinski definition) is 1. The van der Waals surface area contributed by atoms with Gasteiger partial charge >= 0.3 is 0 Å². The second kappa shape index (κ2) is 4.58. The van der Waals surface area contributed by atoms with Crippen molar-refractivity contribution in [3.8, 4) is 17.5 Å². The summed E-state index contributed by atoms with van der Waals surface area (Å²) in [6, 6.07) is 12.7. The van der Waals surface area contributed by atoms with Gasteiger partial charge < -0.3 is 4.98 Å². The number of nitrogens with zero attached hydrogens (tertiary/aromatic N) is 2. The van der Waals surface area contributed by atoms with Crippen LogP contribution in [0.4, 0.5) is 0 Å². The van der Waals surface area contributed by atoms with E-state index in [-0.39, 0.29) is 0 Å². The van der Waals surface area contributed by atoms with Crippen LogP contribution in [0.3, 0.4) is 0 Å². The summed E-state index contributed by atoms with van der Waals surface area (Å²) >= 11 is 12.1. The van der Waals surface area contributed by atoms with Crippen LogP contribution in [0.1, 0.15) is 5.56 Å². The Morgan fingerprint density at radius 3 is 2.53 bits per heavy atom. The third kappa shape index (κ3) is 2.17. The Morgan fingerprint density at radius 1 is 1.11 bits per heavy atom. The molecule has 0 atom stereocenters. The highest BCUT2D eigenvalue weighted by Gasteiger charge is 2.09. The summed E-state index contributed by atoms with van der Waals surface area (Å²) in [6.07, 6.45) is 0. The molecule has 0 spiro atoms. The Hall–Kier alpha value is -2.02. The number of imidazole rings is 1. The molecule has 0 saturated carbocycles. The maximum absolute atomic E-state index is 8.77. The largest absolute Gasteiger partial charge is 0.338 e. The lowest BCUT2D eigenvalue weighted by atomic mass is 10.1. The fourth-order valence-corrected chi connectivity index (χ4v) is 2.42. The van der Waals surface area contributed by atoms with E-state index in [0.717, 1.165) is 11.1 Å². The first kappa shape index (κ1) is 12.0. The lowest BCUT2D eigenvalue weighted by molar-refractivity contribution is 1.33. The van der Waals surface area contributed by atoms with Gasteiger partial charge in [-0.3, -0.25) is 0 Å². The number of fused-ring (bicyclic) bond motifs is 1. The molecule has 0 aliphatic heterocycles. The van der Waals surface area contributed by atoms with E-state index >= 15 is 0 Å². The first-order chi connectivity index (χ1) is 9.17. The molecular weight excluding hydrogens is 281 g/mol. The van der Waals surface area contributed by atoms with Gasteiger partial charge in [-0.2, -0.15) is 5.26 Å². The minimum absolute atomic E-state index is 0.513. The van der Waals surface area contributed by atoms with Crippen molar-refractivity contribution in [2.45, 2.75) is 0 Å². The maximum Gasteiger partial charge on any atom is 0.138 e. The molecule has 3 rings (SSSR count). The monoisotopic (exact) mass is 287 g/mol. The molecule has 0 aliphatic rings. The Morgan fingerprint density at radius 2 is 1.84 bits per heavy atom. The molecule has 92 valence electrons. The summed E-state index contributed by atoms with van der Waals surface area (Å²) in [6.45, 7) is 0. The Kier molecular flexibility index (Phi) is 2.90. The summed E-state index contributed by atoms with van der Waals surface area (Å²) in [5.74, 6) is 0.698. The van der Waals surface area contributed by atoms with Gasteiger partial charge in [0.1, 0.15) is 11.3 Å². The predicted molar refractivity (Wildman–Crippen MR) is 76.3 cm³/mol. The van der Waals surface area contributed by atoms with Crippen LogP contribution in [-0.4, -0.2) is 9.97 Å². The van der Waals surface area contributed by atoms with E-state index in [2.05, 4.69) is 16.0 Å². The second-order valence-corrected chi connectivity index (χ2v) is 4.90. The van der Waals surface area contributed by atoms with E-state index in [1.165, 1.54) is 0 Å². The number of aromatic nitrogens is 2. The van der Waals surface area contributed by atoms with Crippen LogP contribution in [0.15, 0.2) is 36.4 Å². The highest BCUT2D eigenvalue weighted by atomic mass is 35.5. The van der Waals surface area contributed by atoms with Crippen molar-refractivity contribution in [2.75, 3.05) is 0 Å². The minimum atomic E-state index is 0.513. The minimum Gasteiger partial charge on any atom is -0.338 e. The predicted octanol–water partition coefficient (Wildman–Crippen LogP) is 4.41. The van der Waals surface area contributed by atoms with E-state index < -0.39 is 0 Å². The zero-order valence-corrected chi connectivity index (χ0v) is 11.1. The molecule has 0 saturated heterocycles. The van der Waals surface area contributed by atoms with E-state index in [1.54, 1.807) is 24.3 Å². The fraction of sp³-hybridized carbons (Fsp3) is 0. The standard InChI is InChI=1S/C14H7Cl2N3/c15-10-5-11(16)13-12(6-10)18-14(19-13)9-3-1-8(7-17)2-4-9/h1-6H,(H,18,19). The SMILES string of the molecule is N#Cc1ccc(-c2nc3c(Cl)cc(Cl)cc3[nH]2)cc1. The molecule has 3 aromatic rings. The molecule has 1 aromatic heterocycles. The van der Waals surface area contributed by atoms with Gasteiger partial charge in [0.25, 0.3) is 0 Å². The number of halogens is 2. The van der Waals surface area contributed by atoms with Gasteiger partial charge in [-0.15, -0.1) is 0 Å². The quantitative estimate of drug-likeness (QED) is 0.721. The summed E-state index contributed by atoms with van der Waals surface area (Å²) in [7, 11) is 0. The number of aromatic amines is 1. The van der Waals surface area contributed by atoms with Crippen molar-refractivity contribution in [3.05, 3.63) is 52.0 Å². The first-order valence-electron chi connectivity index (χ1n) is 5.52. The van der Waals surface area contributed by atoms with Crippen molar-refractivity contribution in [3.63, 3.8) is 0 Å². The maximum atomic E-state index is 8.77. The van der Waals surface area contributed by atoms with Crippen LogP contribution in [-0.2, 0) is 0 Å². The topological polar surface area (TPSA) is 52.5 Å². The van der Waals surface area contributed by atoms with Gasteiger partial charge in [0, 0.05) is 10.6 Å². The molecule has 5 heteroatoms. The zero-order valence-electron chi connectivity index (χ0n) is 9.61. The van der Waals surface area contributed by atoms with E-state index in [4.69, 9.17) is 28.5 Å². The average molecular weight is 288 g/mol. The Bertz CT molecular complexity index is 798. The highest BCUT2D eigenvalue weighted by Crippen LogP contribution is 2.29. The van der Waals surface area contributed by atoms with Gasteiger partial charge in [-0.25, -0.2) is 4.98 Å². The second-order valence-electron chi connectivity index (χ2n) is 4.06. The molecule has 0 aliphatic carbocycles. The molecule has 0 radical (unpaired) electrons. The summed E-state index contributed by atoms with van der Waals surface area (Å²) in [4.78, 5) is 7.62. The van der Waals surface area contributed by atoms with Crippen molar-refractivity contribution in [1.82, 2.24) is 9.97 Å². The van der Waals surface area contributed by atoms with E-state index in [0.29, 0.717) is 26.9 Å².